The number of amides is 2. The number of nitrogen functional groups attached to an aromatic ring is 1. The van der Waals surface area contributed by atoms with Gasteiger partial charge >= 0.3 is 0 Å². The van der Waals surface area contributed by atoms with Crippen LogP contribution in [0.5, 0.6) is 5.75 Å². The molecule has 1 aliphatic heterocycles. The molecule has 0 bridgehead atoms. The summed E-state index contributed by atoms with van der Waals surface area (Å²) in [6, 6.07) is 5.23. The highest BCUT2D eigenvalue weighted by molar-refractivity contribution is 7.13. The van der Waals surface area contributed by atoms with Crippen LogP contribution in [0.4, 0.5) is 10.8 Å². The summed E-state index contributed by atoms with van der Waals surface area (Å²) in [5.74, 6) is 0.544. The molecule has 2 amide bonds. The minimum atomic E-state index is -0.122. The van der Waals surface area contributed by atoms with E-state index in [2.05, 4.69) is 10.3 Å². The Bertz CT molecular complexity index is 851. The molecule has 1 aliphatic rings. The monoisotopic (exact) mass is 389 g/mol. The lowest BCUT2D eigenvalue weighted by Gasteiger charge is -2.35. The van der Waals surface area contributed by atoms with E-state index in [-0.39, 0.29) is 24.3 Å². The van der Waals surface area contributed by atoms with Gasteiger partial charge < -0.3 is 25.6 Å². The number of hydrogen-bond donors (Lipinski definition) is 2. The first kappa shape index (κ1) is 19.0. The molecule has 1 aromatic carbocycles. The maximum atomic E-state index is 12.3. The van der Waals surface area contributed by atoms with Crippen LogP contribution in [-0.2, 0) is 11.3 Å². The van der Waals surface area contributed by atoms with E-state index in [0.29, 0.717) is 29.6 Å². The Labute approximate surface area is 161 Å². The third-order valence-corrected chi connectivity index (χ3v) is 5.15. The first-order chi connectivity index (χ1) is 12.8. The lowest BCUT2D eigenvalue weighted by atomic mass is 10.1. The Balaban J connectivity index is 1.64. The standard InChI is InChI=1S/C18H23N5O3S/c1-22(2)17(25)11-4-5-15-14(6-11)23(3)13(9-26-15)7-16(24)20-8-12-10-27-18(19)21-12/h4-6,10,13H,7-9H2,1-3H3,(H2,19,21)(H,20,24). The normalized spacial score (nSPS) is 15.7. The lowest BCUT2D eigenvalue weighted by molar-refractivity contribution is -0.121. The Morgan fingerprint density at radius 3 is 2.89 bits per heavy atom. The van der Waals surface area contributed by atoms with Gasteiger partial charge in [0.15, 0.2) is 5.13 Å². The highest BCUT2D eigenvalue weighted by Crippen LogP contribution is 2.34. The molecule has 8 nitrogen and oxygen atoms in total. The first-order valence-corrected chi connectivity index (χ1v) is 9.41. The number of carbonyl (C=O) groups excluding carboxylic acids is 2. The molecule has 0 spiro atoms. The van der Waals surface area contributed by atoms with Crippen LogP contribution in [0.15, 0.2) is 23.6 Å². The maximum Gasteiger partial charge on any atom is 0.253 e. The van der Waals surface area contributed by atoms with Gasteiger partial charge in [0.1, 0.15) is 12.4 Å². The van der Waals surface area contributed by atoms with Gasteiger partial charge in [0.05, 0.1) is 30.4 Å². The molecule has 3 rings (SSSR count). The zero-order valence-corrected chi connectivity index (χ0v) is 16.4. The molecular formula is C18H23N5O3S. The fourth-order valence-corrected chi connectivity index (χ4v) is 3.44. The van der Waals surface area contributed by atoms with E-state index in [9.17, 15) is 9.59 Å². The van der Waals surface area contributed by atoms with Gasteiger partial charge in [-0.05, 0) is 18.2 Å². The van der Waals surface area contributed by atoms with Crippen LogP contribution in [0.3, 0.4) is 0 Å². The zero-order chi connectivity index (χ0) is 19.6. The van der Waals surface area contributed by atoms with Crippen molar-refractivity contribution in [3.05, 3.63) is 34.8 Å². The van der Waals surface area contributed by atoms with E-state index in [1.807, 2.05) is 17.3 Å². The smallest absolute Gasteiger partial charge is 0.253 e. The Morgan fingerprint density at radius 2 is 2.22 bits per heavy atom. The average Bonchev–Trinajstić information content (AvgIpc) is 3.07. The molecule has 27 heavy (non-hydrogen) atoms. The molecule has 1 atom stereocenters. The SMILES string of the molecule is CN(C)C(=O)c1ccc2c(c1)N(C)C(CC(=O)NCc1csc(N)n1)CO2. The highest BCUT2D eigenvalue weighted by atomic mass is 32.1. The molecule has 9 heteroatoms. The quantitative estimate of drug-likeness (QED) is 0.800. The molecule has 2 aromatic rings. The Morgan fingerprint density at radius 1 is 1.44 bits per heavy atom. The summed E-state index contributed by atoms with van der Waals surface area (Å²) in [6.45, 7) is 0.753. The van der Waals surface area contributed by atoms with E-state index < -0.39 is 0 Å². The van der Waals surface area contributed by atoms with E-state index in [0.717, 1.165) is 11.4 Å². The summed E-state index contributed by atoms with van der Waals surface area (Å²) in [5.41, 5.74) is 7.73. The largest absolute Gasteiger partial charge is 0.489 e. The third kappa shape index (κ3) is 4.30. The van der Waals surface area contributed by atoms with E-state index in [1.165, 1.54) is 16.2 Å². The van der Waals surface area contributed by atoms with E-state index >= 15 is 0 Å². The molecule has 2 heterocycles. The van der Waals surface area contributed by atoms with E-state index in [1.54, 1.807) is 32.3 Å². The number of nitrogens with one attached hydrogen (secondary N) is 1. The van der Waals surface area contributed by atoms with Gasteiger partial charge in [0.25, 0.3) is 5.91 Å². The average molecular weight is 389 g/mol. The number of fused-ring (bicyclic) bond motifs is 1. The summed E-state index contributed by atoms with van der Waals surface area (Å²) >= 11 is 1.35. The molecule has 0 saturated carbocycles. The van der Waals surface area contributed by atoms with Gasteiger partial charge in [-0.1, -0.05) is 0 Å². The van der Waals surface area contributed by atoms with Crippen LogP contribution in [0, 0.1) is 0 Å². The van der Waals surface area contributed by atoms with Crippen LogP contribution >= 0.6 is 11.3 Å². The zero-order valence-electron chi connectivity index (χ0n) is 15.6. The molecule has 0 aliphatic carbocycles. The van der Waals surface area contributed by atoms with Crippen molar-refractivity contribution in [1.82, 2.24) is 15.2 Å². The van der Waals surface area contributed by atoms with Gasteiger partial charge in [0, 0.05) is 32.1 Å². The van der Waals surface area contributed by atoms with Gasteiger partial charge in [-0.25, -0.2) is 4.98 Å². The molecule has 3 N–H and O–H groups in total. The second-order valence-electron chi connectivity index (χ2n) is 6.62. The fourth-order valence-electron chi connectivity index (χ4n) is 2.88. The van der Waals surface area contributed by atoms with Crippen LogP contribution in [0.25, 0.3) is 0 Å². The predicted molar refractivity (Wildman–Crippen MR) is 105 cm³/mol. The highest BCUT2D eigenvalue weighted by Gasteiger charge is 2.27. The molecule has 0 fully saturated rings. The molecule has 0 radical (unpaired) electrons. The number of carbonyl (C=O) groups is 2. The number of anilines is 2. The second kappa shape index (κ2) is 7.83. The molecular weight excluding hydrogens is 366 g/mol. The number of nitrogens with two attached hydrogens (primary N) is 1. The number of hydrogen-bond acceptors (Lipinski definition) is 7. The Hall–Kier alpha value is -2.81. The van der Waals surface area contributed by atoms with Crippen LogP contribution < -0.4 is 20.7 Å². The number of benzene rings is 1. The number of ether oxygens (including phenoxy) is 1. The fraction of sp³-hybridized carbons (Fsp3) is 0.389. The van der Waals surface area contributed by atoms with E-state index in [4.69, 9.17) is 10.5 Å². The van der Waals surface area contributed by atoms with Crippen molar-refractivity contribution < 1.29 is 14.3 Å². The number of rotatable bonds is 5. The molecule has 1 aromatic heterocycles. The summed E-state index contributed by atoms with van der Waals surface area (Å²) in [4.78, 5) is 32.2. The van der Waals surface area contributed by atoms with Crippen molar-refractivity contribution in [3.8, 4) is 5.75 Å². The summed E-state index contributed by atoms with van der Waals surface area (Å²) in [6.07, 6.45) is 0.279. The molecule has 0 saturated heterocycles. The van der Waals surface area contributed by atoms with Crippen LogP contribution in [0.1, 0.15) is 22.5 Å². The number of aromatic nitrogens is 1. The van der Waals surface area contributed by atoms with Crippen molar-refractivity contribution >= 4 is 34.0 Å². The lowest BCUT2D eigenvalue weighted by Crippen LogP contribution is -2.43. The molecule has 144 valence electrons. The summed E-state index contributed by atoms with van der Waals surface area (Å²) < 4.78 is 5.79. The van der Waals surface area contributed by atoms with Gasteiger partial charge in [0.2, 0.25) is 5.91 Å². The number of likely N-dealkylation sites (N-methyl/N-ethyl adjacent to an activating group) is 1. The molecule has 1 unspecified atom stereocenters. The minimum Gasteiger partial charge on any atom is -0.489 e. The maximum absolute atomic E-state index is 12.3. The topological polar surface area (TPSA) is 101 Å². The second-order valence-corrected chi connectivity index (χ2v) is 7.51. The van der Waals surface area contributed by atoms with Crippen molar-refractivity contribution in [2.75, 3.05) is 38.4 Å². The third-order valence-electron chi connectivity index (χ3n) is 4.43. The summed E-state index contributed by atoms with van der Waals surface area (Å²) in [5, 5.41) is 5.17. The first-order valence-electron chi connectivity index (χ1n) is 8.53. The van der Waals surface area contributed by atoms with Gasteiger partial charge in [-0.2, -0.15) is 0 Å². The van der Waals surface area contributed by atoms with Crippen molar-refractivity contribution in [3.63, 3.8) is 0 Å². The van der Waals surface area contributed by atoms with Gasteiger partial charge in [-0.3, -0.25) is 9.59 Å². The number of thiazole rings is 1. The van der Waals surface area contributed by atoms with Crippen molar-refractivity contribution in [2.45, 2.75) is 19.0 Å². The van der Waals surface area contributed by atoms with Crippen LogP contribution in [0.2, 0.25) is 0 Å². The number of nitrogens with zero attached hydrogens (tertiary/aromatic N) is 3. The summed E-state index contributed by atoms with van der Waals surface area (Å²) in [7, 11) is 5.33. The minimum absolute atomic E-state index is 0.0754. The predicted octanol–water partition coefficient (Wildman–Crippen LogP) is 1.33. The Kier molecular flexibility index (Phi) is 5.50. The van der Waals surface area contributed by atoms with Crippen LogP contribution in [-0.4, -0.2) is 55.5 Å². The van der Waals surface area contributed by atoms with Gasteiger partial charge in [-0.15, -0.1) is 11.3 Å². The van der Waals surface area contributed by atoms with Crippen molar-refractivity contribution in [2.24, 2.45) is 0 Å². The van der Waals surface area contributed by atoms with Crippen molar-refractivity contribution in [1.29, 1.82) is 0 Å².